The molecule has 1 aromatic rings. The number of carbonyl (C=O) groups excluding carboxylic acids is 1. The molecule has 2 rings (SSSR count). The van der Waals surface area contributed by atoms with Crippen molar-refractivity contribution in [1.29, 1.82) is 0 Å². The van der Waals surface area contributed by atoms with Gasteiger partial charge in [0.05, 0.1) is 12.0 Å². The van der Waals surface area contributed by atoms with Crippen molar-refractivity contribution in [2.75, 3.05) is 0 Å². The Morgan fingerprint density at radius 1 is 1.40 bits per heavy atom. The van der Waals surface area contributed by atoms with E-state index in [0.29, 0.717) is 17.5 Å². The molecule has 0 saturated carbocycles. The summed E-state index contributed by atoms with van der Waals surface area (Å²) in [4.78, 5) is 11.7. The number of Topliss-reactive ketones (excluding diaryl/α,β-unsaturated/α-hetero) is 1. The summed E-state index contributed by atoms with van der Waals surface area (Å²) in [6.45, 7) is 5.23. The first-order valence-corrected chi connectivity index (χ1v) is 4.92. The molecule has 0 spiro atoms. The van der Waals surface area contributed by atoms with Crippen LogP contribution in [-0.4, -0.2) is 11.4 Å². The fourth-order valence-electron chi connectivity index (χ4n) is 1.77. The first-order chi connectivity index (χ1) is 6.91. The molecular weight excluding hydrogens is 195 g/mol. The van der Waals surface area contributed by atoms with Crippen molar-refractivity contribution in [3.8, 4) is 5.75 Å². The summed E-state index contributed by atoms with van der Waals surface area (Å²) < 4.78 is 19.2. The number of benzene rings is 1. The number of ether oxygens (including phenoxy) is 1. The fraction of sp³-hybridized carbons (Fsp3) is 0.417. The second-order valence-corrected chi connectivity index (χ2v) is 4.53. The van der Waals surface area contributed by atoms with Gasteiger partial charge in [0, 0.05) is 0 Å². The van der Waals surface area contributed by atoms with E-state index in [4.69, 9.17) is 4.74 Å². The highest BCUT2D eigenvalue weighted by Gasteiger charge is 2.34. The Labute approximate surface area is 88.1 Å². The Kier molecular flexibility index (Phi) is 2.07. The molecule has 0 radical (unpaired) electrons. The molecule has 3 heteroatoms. The van der Waals surface area contributed by atoms with Crippen LogP contribution in [0.4, 0.5) is 4.39 Å². The van der Waals surface area contributed by atoms with Crippen LogP contribution in [0.3, 0.4) is 0 Å². The Bertz CT molecular complexity index is 435. The smallest absolute Gasteiger partial charge is 0.170 e. The zero-order valence-electron chi connectivity index (χ0n) is 9.06. The van der Waals surface area contributed by atoms with Crippen LogP contribution in [0.25, 0.3) is 0 Å². The zero-order valence-corrected chi connectivity index (χ0v) is 9.06. The van der Waals surface area contributed by atoms with Crippen molar-refractivity contribution in [3.63, 3.8) is 0 Å². The number of hydrogen-bond donors (Lipinski definition) is 0. The zero-order chi connectivity index (χ0) is 11.2. The lowest BCUT2D eigenvalue weighted by molar-refractivity contribution is 0.0593. The fourth-order valence-corrected chi connectivity index (χ4v) is 1.77. The maximum atomic E-state index is 13.7. The topological polar surface area (TPSA) is 26.3 Å². The van der Waals surface area contributed by atoms with Gasteiger partial charge in [0.1, 0.15) is 5.60 Å². The van der Waals surface area contributed by atoms with E-state index in [1.165, 1.54) is 0 Å². The van der Waals surface area contributed by atoms with Crippen molar-refractivity contribution < 1.29 is 13.9 Å². The van der Waals surface area contributed by atoms with Crippen molar-refractivity contribution in [2.45, 2.75) is 32.8 Å². The normalized spacial score (nSPS) is 18.3. The predicted molar refractivity (Wildman–Crippen MR) is 54.8 cm³/mol. The van der Waals surface area contributed by atoms with Crippen molar-refractivity contribution in [1.82, 2.24) is 0 Å². The van der Waals surface area contributed by atoms with Crippen LogP contribution >= 0.6 is 0 Å². The minimum Gasteiger partial charge on any atom is -0.484 e. The van der Waals surface area contributed by atoms with E-state index < -0.39 is 11.4 Å². The van der Waals surface area contributed by atoms with Gasteiger partial charge >= 0.3 is 0 Å². The molecule has 0 aliphatic carbocycles. The third-order valence-corrected chi connectivity index (χ3v) is 2.56. The van der Waals surface area contributed by atoms with Gasteiger partial charge in [0.25, 0.3) is 0 Å². The molecule has 1 aliphatic rings. The number of carbonyl (C=O) groups is 1. The lowest BCUT2D eigenvalue weighted by Gasteiger charge is -2.31. The van der Waals surface area contributed by atoms with Crippen LogP contribution in [0.1, 0.15) is 36.2 Å². The summed E-state index contributed by atoms with van der Waals surface area (Å²) in [5, 5.41) is 0. The third kappa shape index (κ3) is 1.62. The SMILES string of the molecule is Cc1ccc2c(c1F)OC(C)(C)CC2=O. The Balaban J connectivity index is 2.61. The van der Waals surface area contributed by atoms with Crippen molar-refractivity contribution in [3.05, 3.63) is 29.1 Å². The number of hydrogen-bond acceptors (Lipinski definition) is 2. The minimum absolute atomic E-state index is 0.0554. The van der Waals surface area contributed by atoms with E-state index in [0.717, 1.165) is 0 Å². The maximum Gasteiger partial charge on any atom is 0.170 e. The quantitative estimate of drug-likeness (QED) is 0.655. The van der Waals surface area contributed by atoms with Gasteiger partial charge in [-0.2, -0.15) is 0 Å². The van der Waals surface area contributed by atoms with E-state index in [9.17, 15) is 9.18 Å². The van der Waals surface area contributed by atoms with E-state index >= 15 is 0 Å². The third-order valence-electron chi connectivity index (χ3n) is 2.56. The highest BCUT2D eigenvalue weighted by atomic mass is 19.1. The van der Waals surface area contributed by atoms with Crippen LogP contribution in [0.2, 0.25) is 0 Å². The number of halogens is 1. The summed E-state index contributed by atoms with van der Waals surface area (Å²) in [5.41, 5.74) is 0.246. The van der Waals surface area contributed by atoms with Gasteiger partial charge in [-0.1, -0.05) is 6.07 Å². The van der Waals surface area contributed by atoms with Crippen LogP contribution in [0.15, 0.2) is 12.1 Å². The lowest BCUT2D eigenvalue weighted by Crippen LogP contribution is -2.36. The molecule has 15 heavy (non-hydrogen) atoms. The van der Waals surface area contributed by atoms with Gasteiger partial charge in [-0.15, -0.1) is 0 Å². The van der Waals surface area contributed by atoms with Crippen LogP contribution in [0, 0.1) is 12.7 Å². The van der Waals surface area contributed by atoms with Gasteiger partial charge in [0.15, 0.2) is 17.3 Å². The monoisotopic (exact) mass is 208 g/mol. The molecule has 0 amide bonds. The second kappa shape index (κ2) is 3.05. The molecule has 1 heterocycles. The van der Waals surface area contributed by atoms with Gasteiger partial charge < -0.3 is 4.74 Å². The van der Waals surface area contributed by atoms with Crippen molar-refractivity contribution >= 4 is 5.78 Å². The molecule has 0 N–H and O–H groups in total. The second-order valence-electron chi connectivity index (χ2n) is 4.53. The summed E-state index contributed by atoms with van der Waals surface area (Å²) in [6.07, 6.45) is 0.294. The molecular formula is C12H13FO2. The minimum atomic E-state index is -0.612. The van der Waals surface area contributed by atoms with E-state index in [1.54, 1.807) is 32.9 Å². The predicted octanol–water partition coefficient (Wildman–Crippen LogP) is 2.88. The number of aryl methyl sites for hydroxylation is 1. The van der Waals surface area contributed by atoms with Crippen molar-refractivity contribution in [2.24, 2.45) is 0 Å². The number of rotatable bonds is 0. The van der Waals surface area contributed by atoms with E-state index in [-0.39, 0.29) is 11.5 Å². The largest absolute Gasteiger partial charge is 0.484 e. The molecule has 2 nitrogen and oxygen atoms in total. The Morgan fingerprint density at radius 3 is 2.73 bits per heavy atom. The van der Waals surface area contributed by atoms with Gasteiger partial charge in [0.2, 0.25) is 0 Å². The maximum absolute atomic E-state index is 13.7. The summed E-state index contributed by atoms with van der Waals surface area (Å²) in [7, 11) is 0. The summed E-state index contributed by atoms with van der Waals surface area (Å²) >= 11 is 0. The van der Waals surface area contributed by atoms with E-state index in [2.05, 4.69) is 0 Å². The van der Waals surface area contributed by atoms with E-state index in [1.807, 2.05) is 0 Å². The molecule has 0 atom stereocenters. The highest BCUT2D eigenvalue weighted by Crippen LogP contribution is 2.36. The van der Waals surface area contributed by atoms with Gasteiger partial charge in [-0.25, -0.2) is 4.39 Å². The number of fused-ring (bicyclic) bond motifs is 1. The van der Waals surface area contributed by atoms with Gasteiger partial charge in [-0.05, 0) is 32.4 Å². The molecule has 0 bridgehead atoms. The Morgan fingerprint density at radius 2 is 2.07 bits per heavy atom. The summed E-state index contributed by atoms with van der Waals surface area (Å²) in [6, 6.07) is 3.24. The Hall–Kier alpha value is -1.38. The average molecular weight is 208 g/mol. The first-order valence-electron chi connectivity index (χ1n) is 4.92. The average Bonchev–Trinajstić information content (AvgIpc) is 2.10. The summed E-state index contributed by atoms with van der Waals surface area (Å²) in [5.74, 6) is -0.370. The van der Waals surface area contributed by atoms with Crippen LogP contribution in [-0.2, 0) is 0 Å². The highest BCUT2D eigenvalue weighted by molar-refractivity contribution is 6.00. The molecule has 1 aromatic carbocycles. The molecule has 0 fully saturated rings. The molecule has 0 saturated heterocycles. The lowest BCUT2D eigenvalue weighted by atomic mass is 9.92. The molecule has 1 aliphatic heterocycles. The molecule has 0 unspecified atom stereocenters. The number of ketones is 1. The van der Waals surface area contributed by atoms with Crippen LogP contribution in [0.5, 0.6) is 5.75 Å². The van der Waals surface area contributed by atoms with Crippen LogP contribution < -0.4 is 4.74 Å². The standard InChI is InChI=1S/C12H13FO2/c1-7-4-5-8-9(14)6-12(2,3)15-11(8)10(7)13/h4-5H,6H2,1-3H3. The molecule has 80 valence electrons. The first kappa shape index (κ1) is 10.1. The van der Waals surface area contributed by atoms with Gasteiger partial charge in [-0.3, -0.25) is 4.79 Å². The molecule has 0 aromatic heterocycles.